The van der Waals surface area contributed by atoms with Gasteiger partial charge in [-0.3, -0.25) is 9.59 Å². The minimum atomic E-state index is -0.885. The summed E-state index contributed by atoms with van der Waals surface area (Å²) in [5.41, 5.74) is 0. The van der Waals surface area contributed by atoms with Crippen LogP contribution in [0.5, 0.6) is 0 Å². The molecular formula is C13H23N3O4. The van der Waals surface area contributed by atoms with E-state index in [9.17, 15) is 14.4 Å². The number of aliphatic carboxylic acids is 1. The number of carbonyl (C=O) groups is 3. The van der Waals surface area contributed by atoms with Crippen LogP contribution in [0.25, 0.3) is 0 Å². The van der Waals surface area contributed by atoms with Crippen LogP contribution in [0.3, 0.4) is 0 Å². The zero-order valence-electron chi connectivity index (χ0n) is 11.6. The van der Waals surface area contributed by atoms with Crippen molar-refractivity contribution < 1.29 is 19.5 Å². The van der Waals surface area contributed by atoms with Crippen LogP contribution in [0.2, 0.25) is 0 Å². The second-order valence-electron chi connectivity index (χ2n) is 5.01. The number of carboxylic acid groups (broad SMARTS) is 1. The highest BCUT2D eigenvalue weighted by Gasteiger charge is 2.15. The highest BCUT2D eigenvalue weighted by molar-refractivity contribution is 5.83. The summed E-state index contributed by atoms with van der Waals surface area (Å²) in [5.74, 6) is -1.20. The summed E-state index contributed by atoms with van der Waals surface area (Å²) in [5, 5.41) is 16.3. The van der Waals surface area contributed by atoms with Crippen molar-refractivity contribution in [2.45, 2.75) is 51.0 Å². The Morgan fingerprint density at radius 1 is 1.05 bits per heavy atom. The molecule has 3 amide bonds. The summed E-state index contributed by atoms with van der Waals surface area (Å²) in [6.45, 7) is 0.211. The molecule has 114 valence electrons. The van der Waals surface area contributed by atoms with Gasteiger partial charge in [0.05, 0.1) is 6.54 Å². The van der Waals surface area contributed by atoms with E-state index in [1.807, 2.05) is 0 Å². The lowest BCUT2D eigenvalue weighted by Crippen LogP contribution is -2.46. The molecule has 7 heteroatoms. The molecule has 4 N–H and O–H groups in total. The van der Waals surface area contributed by atoms with Gasteiger partial charge in [0.1, 0.15) is 0 Å². The minimum Gasteiger partial charge on any atom is -0.481 e. The quantitative estimate of drug-likeness (QED) is 0.514. The molecular weight excluding hydrogens is 262 g/mol. The Balaban J connectivity index is 2.04. The molecule has 1 aliphatic rings. The van der Waals surface area contributed by atoms with E-state index in [4.69, 9.17) is 5.11 Å². The van der Waals surface area contributed by atoms with E-state index in [0.717, 1.165) is 25.7 Å². The fourth-order valence-electron chi connectivity index (χ4n) is 2.17. The molecule has 1 rings (SSSR count). The monoisotopic (exact) mass is 285 g/mol. The third-order valence-electron chi connectivity index (χ3n) is 3.24. The first-order chi connectivity index (χ1) is 9.58. The summed E-state index contributed by atoms with van der Waals surface area (Å²) in [4.78, 5) is 33.2. The fraction of sp³-hybridized carbons (Fsp3) is 0.769. The van der Waals surface area contributed by atoms with E-state index in [-0.39, 0.29) is 30.9 Å². The van der Waals surface area contributed by atoms with Crippen LogP contribution in [-0.4, -0.2) is 42.1 Å². The predicted molar refractivity (Wildman–Crippen MR) is 73.3 cm³/mol. The zero-order chi connectivity index (χ0) is 14.8. The Labute approximate surface area is 118 Å². The summed E-state index contributed by atoms with van der Waals surface area (Å²) < 4.78 is 0. The third-order valence-corrected chi connectivity index (χ3v) is 3.24. The summed E-state index contributed by atoms with van der Waals surface area (Å²) in [6.07, 6.45) is 5.89. The van der Waals surface area contributed by atoms with Crippen LogP contribution in [0.4, 0.5) is 4.79 Å². The molecule has 0 aromatic carbocycles. The molecule has 0 saturated heterocycles. The number of rotatable bonds is 7. The molecule has 0 heterocycles. The second-order valence-corrected chi connectivity index (χ2v) is 5.01. The molecule has 0 spiro atoms. The van der Waals surface area contributed by atoms with Gasteiger partial charge in [0.2, 0.25) is 5.91 Å². The first-order valence-corrected chi connectivity index (χ1v) is 7.11. The number of hydrogen-bond acceptors (Lipinski definition) is 3. The van der Waals surface area contributed by atoms with Gasteiger partial charge in [-0.05, 0) is 19.3 Å². The van der Waals surface area contributed by atoms with Crippen LogP contribution in [-0.2, 0) is 9.59 Å². The van der Waals surface area contributed by atoms with Crippen molar-refractivity contribution in [1.29, 1.82) is 0 Å². The summed E-state index contributed by atoms with van der Waals surface area (Å²) in [6, 6.07) is -0.111. The molecule has 0 unspecified atom stereocenters. The van der Waals surface area contributed by atoms with Gasteiger partial charge in [-0.1, -0.05) is 19.3 Å². The van der Waals surface area contributed by atoms with E-state index < -0.39 is 5.97 Å². The maximum Gasteiger partial charge on any atom is 0.315 e. The number of urea groups is 1. The van der Waals surface area contributed by atoms with Gasteiger partial charge in [0.15, 0.2) is 0 Å². The Kier molecular flexibility index (Phi) is 7.46. The van der Waals surface area contributed by atoms with Gasteiger partial charge in [-0.15, -0.1) is 0 Å². The van der Waals surface area contributed by atoms with Gasteiger partial charge in [-0.25, -0.2) is 4.79 Å². The standard InChI is InChI=1S/C13H23N3O4/c17-11(14-8-4-7-12(18)19)9-15-13(20)16-10-5-2-1-3-6-10/h10H,1-9H2,(H,14,17)(H,18,19)(H2,15,16,20). The molecule has 1 fully saturated rings. The molecule has 1 saturated carbocycles. The van der Waals surface area contributed by atoms with Gasteiger partial charge in [-0.2, -0.15) is 0 Å². The molecule has 0 aliphatic heterocycles. The topological polar surface area (TPSA) is 108 Å². The number of carbonyl (C=O) groups excluding carboxylic acids is 2. The van der Waals surface area contributed by atoms with Crippen LogP contribution in [0.1, 0.15) is 44.9 Å². The van der Waals surface area contributed by atoms with Crippen molar-refractivity contribution in [2.75, 3.05) is 13.1 Å². The van der Waals surface area contributed by atoms with Crippen molar-refractivity contribution in [1.82, 2.24) is 16.0 Å². The number of carboxylic acids is 1. The lowest BCUT2D eigenvalue weighted by Gasteiger charge is -2.22. The van der Waals surface area contributed by atoms with Crippen molar-refractivity contribution in [3.63, 3.8) is 0 Å². The maximum absolute atomic E-state index is 11.6. The molecule has 1 aliphatic carbocycles. The number of amides is 3. The highest BCUT2D eigenvalue weighted by Crippen LogP contribution is 2.16. The van der Waals surface area contributed by atoms with Crippen LogP contribution < -0.4 is 16.0 Å². The third kappa shape index (κ3) is 7.60. The van der Waals surface area contributed by atoms with Crippen LogP contribution in [0.15, 0.2) is 0 Å². The van der Waals surface area contributed by atoms with E-state index in [0.29, 0.717) is 13.0 Å². The fourth-order valence-corrected chi connectivity index (χ4v) is 2.17. The van der Waals surface area contributed by atoms with Crippen molar-refractivity contribution in [3.05, 3.63) is 0 Å². The minimum absolute atomic E-state index is 0.0237. The van der Waals surface area contributed by atoms with E-state index >= 15 is 0 Å². The van der Waals surface area contributed by atoms with Crippen molar-refractivity contribution in [3.8, 4) is 0 Å². The number of nitrogens with one attached hydrogen (secondary N) is 3. The predicted octanol–water partition coefficient (Wildman–Crippen LogP) is 0.599. The second kappa shape index (κ2) is 9.17. The van der Waals surface area contributed by atoms with Crippen LogP contribution >= 0.6 is 0 Å². The van der Waals surface area contributed by atoms with E-state index in [1.54, 1.807) is 0 Å². The normalized spacial score (nSPS) is 15.4. The smallest absolute Gasteiger partial charge is 0.315 e. The van der Waals surface area contributed by atoms with Gasteiger partial charge in [0, 0.05) is 19.0 Å². The molecule has 0 atom stereocenters. The Hall–Kier alpha value is -1.79. The maximum atomic E-state index is 11.6. The first-order valence-electron chi connectivity index (χ1n) is 7.11. The molecule has 0 radical (unpaired) electrons. The first kappa shape index (κ1) is 16.3. The lowest BCUT2D eigenvalue weighted by molar-refractivity contribution is -0.137. The molecule has 0 bridgehead atoms. The van der Waals surface area contributed by atoms with Gasteiger partial charge in [0.25, 0.3) is 0 Å². The number of hydrogen-bond donors (Lipinski definition) is 4. The van der Waals surface area contributed by atoms with Crippen LogP contribution in [0, 0.1) is 0 Å². The Morgan fingerprint density at radius 3 is 2.40 bits per heavy atom. The molecule has 7 nitrogen and oxygen atoms in total. The largest absolute Gasteiger partial charge is 0.481 e. The van der Waals surface area contributed by atoms with E-state index in [2.05, 4.69) is 16.0 Å². The van der Waals surface area contributed by atoms with Crippen molar-refractivity contribution >= 4 is 17.9 Å². The molecule has 20 heavy (non-hydrogen) atoms. The van der Waals surface area contributed by atoms with Gasteiger partial charge >= 0.3 is 12.0 Å². The van der Waals surface area contributed by atoms with Gasteiger partial charge < -0.3 is 21.1 Å². The van der Waals surface area contributed by atoms with Crippen molar-refractivity contribution in [2.24, 2.45) is 0 Å². The van der Waals surface area contributed by atoms with E-state index in [1.165, 1.54) is 6.42 Å². The Morgan fingerprint density at radius 2 is 1.75 bits per heavy atom. The SMILES string of the molecule is O=C(O)CCCNC(=O)CNC(=O)NC1CCCCC1. The summed E-state index contributed by atoms with van der Waals surface area (Å²) >= 11 is 0. The molecule has 0 aromatic rings. The summed E-state index contributed by atoms with van der Waals surface area (Å²) in [7, 11) is 0. The Bertz CT molecular complexity index is 341. The average Bonchev–Trinajstić information content (AvgIpc) is 2.42. The molecule has 0 aromatic heterocycles. The average molecular weight is 285 g/mol. The zero-order valence-corrected chi connectivity index (χ0v) is 11.6. The lowest BCUT2D eigenvalue weighted by atomic mass is 9.96. The highest BCUT2D eigenvalue weighted by atomic mass is 16.4.